The third-order valence-electron chi connectivity index (χ3n) is 2.88. The molecule has 1 aromatic carbocycles. The molecule has 0 saturated carbocycles. The number of benzene rings is 1. The zero-order chi connectivity index (χ0) is 13.8. The van der Waals surface area contributed by atoms with Crippen LogP contribution in [0.25, 0.3) is 10.9 Å². The Hall–Kier alpha value is -1.23. The second kappa shape index (κ2) is 6.28. The summed E-state index contributed by atoms with van der Waals surface area (Å²) in [5.41, 5.74) is 2.50. The van der Waals surface area contributed by atoms with E-state index in [1.807, 2.05) is 37.3 Å². The number of halogens is 3. The van der Waals surface area contributed by atoms with E-state index in [9.17, 15) is 8.78 Å². The van der Waals surface area contributed by atoms with Crippen molar-refractivity contribution in [3.8, 4) is 0 Å². The van der Waals surface area contributed by atoms with Crippen molar-refractivity contribution < 1.29 is 8.78 Å². The van der Waals surface area contributed by atoms with Gasteiger partial charge in [0, 0.05) is 28.6 Å². The van der Waals surface area contributed by atoms with Crippen LogP contribution in [0.3, 0.4) is 0 Å². The molecule has 0 atom stereocenters. The first-order valence-corrected chi connectivity index (χ1v) is 7.19. The van der Waals surface area contributed by atoms with Crippen molar-refractivity contribution in [1.82, 2.24) is 4.98 Å². The number of alkyl halides is 3. The van der Waals surface area contributed by atoms with Crippen LogP contribution in [0.1, 0.15) is 5.69 Å². The highest BCUT2D eigenvalue weighted by atomic mass is 79.9. The van der Waals surface area contributed by atoms with E-state index in [0.29, 0.717) is 11.9 Å². The van der Waals surface area contributed by atoms with Gasteiger partial charge in [0.15, 0.2) is 0 Å². The number of anilines is 1. The Balaban J connectivity index is 2.51. The minimum Gasteiger partial charge on any atom is -0.364 e. The zero-order valence-corrected chi connectivity index (χ0v) is 12.2. The SMILES string of the molecule is Cc1cc(N(CCBr)CC(F)F)c2ccccc2n1. The molecule has 0 bridgehead atoms. The van der Waals surface area contributed by atoms with Gasteiger partial charge in [-0.3, -0.25) is 4.98 Å². The maximum absolute atomic E-state index is 12.7. The number of rotatable bonds is 5. The van der Waals surface area contributed by atoms with Gasteiger partial charge in [0.25, 0.3) is 6.43 Å². The Labute approximate surface area is 119 Å². The van der Waals surface area contributed by atoms with Crippen LogP contribution in [0.5, 0.6) is 0 Å². The molecule has 0 radical (unpaired) electrons. The molecule has 0 spiro atoms. The summed E-state index contributed by atoms with van der Waals surface area (Å²) in [6, 6.07) is 9.50. The van der Waals surface area contributed by atoms with Crippen LogP contribution in [0, 0.1) is 6.92 Å². The van der Waals surface area contributed by atoms with E-state index in [2.05, 4.69) is 20.9 Å². The molecule has 0 fully saturated rings. The highest BCUT2D eigenvalue weighted by Crippen LogP contribution is 2.27. The first-order valence-electron chi connectivity index (χ1n) is 6.07. The van der Waals surface area contributed by atoms with Crippen LogP contribution in [0.4, 0.5) is 14.5 Å². The second-order valence-corrected chi connectivity index (χ2v) is 5.12. The predicted octanol–water partition coefficient (Wildman–Crippen LogP) is 4.01. The van der Waals surface area contributed by atoms with E-state index in [1.165, 1.54) is 0 Å². The van der Waals surface area contributed by atoms with Crippen LogP contribution >= 0.6 is 15.9 Å². The number of para-hydroxylation sites is 1. The Morgan fingerprint density at radius 2 is 2.05 bits per heavy atom. The van der Waals surface area contributed by atoms with Crippen molar-refractivity contribution in [1.29, 1.82) is 0 Å². The molecule has 2 rings (SSSR count). The maximum atomic E-state index is 12.7. The molecular weight excluding hydrogens is 314 g/mol. The van der Waals surface area contributed by atoms with Gasteiger partial charge < -0.3 is 4.90 Å². The zero-order valence-electron chi connectivity index (χ0n) is 10.6. The number of fused-ring (bicyclic) bond motifs is 1. The summed E-state index contributed by atoms with van der Waals surface area (Å²) in [5.74, 6) is 0. The van der Waals surface area contributed by atoms with E-state index in [-0.39, 0.29) is 6.54 Å². The normalized spacial score (nSPS) is 11.2. The minimum absolute atomic E-state index is 0.265. The standard InChI is InChI=1S/C14H15BrF2N2/c1-10-8-13(19(7-6-15)9-14(16)17)11-4-2-3-5-12(11)18-10/h2-5,8,14H,6-7,9H2,1H3. The molecule has 102 valence electrons. The van der Waals surface area contributed by atoms with Gasteiger partial charge >= 0.3 is 0 Å². The lowest BCUT2D eigenvalue weighted by atomic mass is 10.1. The molecular formula is C14H15BrF2N2. The van der Waals surface area contributed by atoms with Gasteiger partial charge in [-0.1, -0.05) is 34.1 Å². The van der Waals surface area contributed by atoms with Crippen molar-refractivity contribution >= 4 is 32.5 Å². The summed E-state index contributed by atoms with van der Waals surface area (Å²) in [6.07, 6.45) is -2.36. The summed E-state index contributed by atoms with van der Waals surface area (Å²) in [4.78, 5) is 6.14. The molecule has 0 aliphatic rings. The number of aryl methyl sites for hydroxylation is 1. The molecule has 0 N–H and O–H groups in total. The van der Waals surface area contributed by atoms with Crippen molar-refractivity contribution in [2.75, 3.05) is 23.3 Å². The van der Waals surface area contributed by atoms with Gasteiger partial charge in [-0.15, -0.1) is 0 Å². The summed E-state index contributed by atoms with van der Waals surface area (Å²) in [5, 5.41) is 1.56. The van der Waals surface area contributed by atoms with Crippen LogP contribution in [-0.2, 0) is 0 Å². The first kappa shape index (κ1) is 14.2. The number of pyridine rings is 1. The maximum Gasteiger partial charge on any atom is 0.255 e. The first-order chi connectivity index (χ1) is 9.11. The Morgan fingerprint density at radius 3 is 2.74 bits per heavy atom. The van der Waals surface area contributed by atoms with Crippen LogP contribution in [0.2, 0.25) is 0 Å². The van der Waals surface area contributed by atoms with Gasteiger partial charge in [0.1, 0.15) is 0 Å². The highest BCUT2D eigenvalue weighted by Gasteiger charge is 2.15. The molecule has 0 saturated heterocycles. The van der Waals surface area contributed by atoms with Crippen molar-refractivity contribution in [3.63, 3.8) is 0 Å². The van der Waals surface area contributed by atoms with Gasteiger partial charge in [-0.2, -0.15) is 0 Å². The van der Waals surface area contributed by atoms with Gasteiger partial charge in [0.2, 0.25) is 0 Å². The van der Waals surface area contributed by atoms with E-state index < -0.39 is 6.43 Å². The quantitative estimate of drug-likeness (QED) is 0.771. The fraction of sp³-hybridized carbons (Fsp3) is 0.357. The molecule has 1 aromatic heterocycles. The molecule has 0 aliphatic carbocycles. The molecule has 0 amide bonds. The van der Waals surface area contributed by atoms with Crippen LogP contribution < -0.4 is 4.90 Å². The third kappa shape index (κ3) is 3.41. The average molecular weight is 329 g/mol. The lowest BCUT2D eigenvalue weighted by molar-refractivity contribution is 0.155. The predicted molar refractivity (Wildman–Crippen MR) is 78.5 cm³/mol. The molecule has 0 aliphatic heterocycles. The average Bonchev–Trinajstić information content (AvgIpc) is 2.36. The van der Waals surface area contributed by atoms with Gasteiger partial charge in [-0.05, 0) is 19.1 Å². The lowest BCUT2D eigenvalue weighted by Gasteiger charge is -2.25. The third-order valence-corrected chi connectivity index (χ3v) is 3.23. The number of nitrogens with zero attached hydrogens (tertiary/aromatic N) is 2. The Bertz CT molecular complexity index is 560. The number of hydrogen-bond donors (Lipinski definition) is 0. The summed E-state index contributed by atoms with van der Waals surface area (Å²) in [6.45, 7) is 2.15. The number of hydrogen-bond acceptors (Lipinski definition) is 2. The monoisotopic (exact) mass is 328 g/mol. The van der Waals surface area contributed by atoms with E-state index >= 15 is 0 Å². The Kier molecular flexibility index (Phi) is 4.69. The smallest absolute Gasteiger partial charge is 0.255 e. The van der Waals surface area contributed by atoms with E-state index in [4.69, 9.17) is 0 Å². The summed E-state index contributed by atoms with van der Waals surface area (Å²) in [7, 11) is 0. The molecule has 5 heteroatoms. The molecule has 0 unspecified atom stereocenters. The van der Waals surface area contributed by atoms with Crippen molar-refractivity contribution in [2.45, 2.75) is 13.3 Å². The van der Waals surface area contributed by atoms with Gasteiger partial charge in [0.05, 0.1) is 12.1 Å². The summed E-state index contributed by atoms with van der Waals surface area (Å²) >= 11 is 3.32. The minimum atomic E-state index is -2.36. The molecule has 1 heterocycles. The van der Waals surface area contributed by atoms with Gasteiger partial charge in [-0.25, -0.2) is 8.78 Å². The molecule has 2 nitrogen and oxygen atoms in total. The molecule has 19 heavy (non-hydrogen) atoms. The Morgan fingerprint density at radius 1 is 1.32 bits per heavy atom. The van der Waals surface area contributed by atoms with Crippen molar-refractivity contribution in [2.24, 2.45) is 0 Å². The second-order valence-electron chi connectivity index (χ2n) is 4.33. The fourth-order valence-corrected chi connectivity index (χ4v) is 2.55. The molecule has 2 aromatic rings. The van der Waals surface area contributed by atoms with Crippen molar-refractivity contribution in [3.05, 3.63) is 36.0 Å². The van der Waals surface area contributed by atoms with E-state index in [0.717, 1.165) is 22.3 Å². The van der Waals surface area contributed by atoms with E-state index in [1.54, 1.807) is 4.90 Å². The number of aromatic nitrogens is 1. The fourth-order valence-electron chi connectivity index (χ4n) is 2.13. The largest absolute Gasteiger partial charge is 0.364 e. The summed E-state index contributed by atoms with van der Waals surface area (Å²) < 4.78 is 25.4. The van der Waals surface area contributed by atoms with Crippen LogP contribution in [0.15, 0.2) is 30.3 Å². The lowest BCUT2D eigenvalue weighted by Crippen LogP contribution is -2.30. The van der Waals surface area contributed by atoms with Crippen LogP contribution in [-0.4, -0.2) is 29.8 Å². The topological polar surface area (TPSA) is 16.1 Å². The highest BCUT2D eigenvalue weighted by molar-refractivity contribution is 9.09.